The normalized spacial score (nSPS) is 12.4. The molecule has 0 spiro atoms. The van der Waals surface area contributed by atoms with Crippen molar-refractivity contribution in [3.8, 4) is 0 Å². The molecule has 0 radical (unpaired) electrons. The molecule has 0 heterocycles. The quantitative estimate of drug-likeness (QED) is 0.281. The van der Waals surface area contributed by atoms with Crippen LogP contribution >= 0.6 is 0 Å². The van der Waals surface area contributed by atoms with Crippen LogP contribution in [0.5, 0.6) is 0 Å². The van der Waals surface area contributed by atoms with Crippen LogP contribution in [0.2, 0.25) is 0 Å². The third kappa shape index (κ3) is 4.18. The van der Waals surface area contributed by atoms with Gasteiger partial charge in [-0.1, -0.05) is 30.3 Å². The number of benzene rings is 1. The zero-order valence-electron chi connectivity index (χ0n) is 8.43. The molecule has 1 aromatic carbocycles. The van der Waals surface area contributed by atoms with Crippen molar-refractivity contribution in [2.24, 2.45) is 0 Å². The minimum absolute atomic E-state index is 0.146. The SMILES string of the molecule is COONC(O)CC(=N)c1ccccc1. The molecule has 0 fully saturated rings. The molecule has 82 valence electrons. The summed E-state index contributed by atoms with van der Waals surface area (Å²) in [6, 6.07) is 9.18. The molecule has 1 unspecified atom stereocenters. The highest BCUT2D eigenvalue weighted by Crippen LogP contribution is 2.04. The molecule has 5 nitrogen and oxygen atoms in total. The summed E-state index contributed by atoms with van der Waals surface area (Å²) in [5.74, 6) is 0. The van der Waals surface area contributed by atoms with Gasteiger partial charge in [0.15, 0.2) is 0 Å². The summed E-state index contributed by atoms with van der Waals surface area (Å²) in [6.07, 6.45) is -0.814. The van der Waals surface area contributed by atoms with E-state index in [1.165, 1.54) is 7.11 Å². The molecular weight excluding hydrogens is 196 g/mol. The van der Waals surface area contributed by atoms with Crippen molar-refractivity contribution in [3.63, 3.8) is 0 Å². The highest BCUT2D eigenvalue weighted by molar-refractivity contribution is 5.98. The van der Waals surface area contributed by atoms with Crippen molar-refractivity contribution in [1.29, 1.82) is 5.41 Å². The maximum atomic E-state index is 9.36. The van der Waals surface area contributed by atoms with Crippen molar-refractivity contribution >= 4 is 5.71 Å². The zero-order chi connectivity index (χ0) is 11.1. The topological polar surface area (TPSA) is 74.6 Å². The van der Waals surface area contributed by atoms with Crippen molar-refractivity contribution in [2.75, 3.05) is 7.11 Å². The second-order valence-corrected chi connectivity index (χ2v) is 2.93. The minimum atomic E-state index is -0.961. The molecule has 5 heteroatoms. The molecule has 0 saturated heterocycles. The molecule has 0 aliphatic rings. The summed E-state index contributed by atoms with van der Waals surface area (Å²) in [5, 5.41) is 17.1. The predicted octanol–water partition coefficient (Wildman–Crippen LogP) is 0.846. The lowest BCUT2D eigenvalue weighted by atomic mass is 10.1. The van der Waals surface area contributed by atoms with Crippen LogP contribution in [0, 0.1) is 5.41 Å². The van der Waals surface area contributed by atoms with Crippen LogP contribution in [0.4, 0.5) is 0 Å². The molecule has 1 atom stereocenters. The molecule has 1 aromatic rings. The van der Waals surface area contributed by atoms with E-state index in [9.17, 15) is 5.11 Å². The smallest absolute Gasteiger partial charge is 0.135 e. The first-order chi connectivity index (χ1) is 7.24. The number of aliphatic hydroxyl groups is 1. The molecule has 15 heavy (non-hydrogen) atoms. The van der Waals surface area contributed by atoms with Crippen molar-refractivity contribution in [2.45, 2.75) is 12.6 Å². The van der Waals surface area contributed by atoms with E-state index in [1.807, 2.05) is 30.3 Å². The van der Waals surface area contributed by atoms with E-state index < -0.39 is 6.23 Å². The monoisotopic (exact) mass is 210 g/mol. The Morgan fingerprint density at radius 2 is 2.13 bits per heavy atom. The van der Waals surface area contributed by atoms with Gasteiger partial charge in [0.25, 0.3) is 0 Å². The number of nitrogens with one attached hydrogen (secondary N) is 2. The third-order valence-corrected chi connectivity index (χ3v) is 1.79. The number of hydrogen-bond donors (Lipinski definition) is 3. The summed E-state index contributed by atoms with van der Waals surface area (Å²) >= 11 is 0. The first-order valence-corrected chi connectivity index (χ1v) is 4.50. The molecule has 0 saturated carbocycles. The van der Waals surface area contributed by atoms with Crippen molar-refractivity contribution in [1.82, 2.24) is 5.48 Å². The lowest BCUT2D eigenvalue weighted by Gasteiger charge is -2.11. The highest BCUT2D eigenvalue weighted by atomic mass is 17.3. The van der Waals surface area contributed by atoms with Crippen LogP contribution in [0.1, 0.15) is 12.0 Å². The van der Waals surface area contributed by atoms with Gasteiger partial charge in [-0.2, -0.15) is 0 Å². The Morgan fingerprint density at radius 3 is 2.73 bits per heavy atom. The van der Waals surface area contributed by atoms with Crippen LogP contribution in [-0.4, -0.2) is 24.2 Å². The maximum Gasteiger partial charge on any atom is 0.135 e. The van der Waals surface area contributed by atoms with E-state index in [4.69, 9.17) is 5.41 Å². The first-order valence-electron chi connectivity index (χ1n) is 4.50. The Hall–Kier alpha value is -1.27. The van der Waals surface area contributed by atoms with Crippen LogP contribution in [-0.2, 0) is 9.88 Å². The maximum absolute atomic E-state index is 9.36. The number of rotatable bonds is 6. The van der Waals surface area contributed by atoms with Gasteiger partial charge >= 0.3 is 0 Å². The second kappa shape index (κ2) is 6.26. The summed E-state index contributed by atoms with van der Waals surface area (Å²) in [7, 11) is 1.32. The standard InChI is InChI=1S/C10H14N2O3/c1-14-15-12-10(13)7-9(11)8-5-3-2-4-6-8/h2-6,10-13H,7H2,1H3. The van der Waals surface area contributed by atoms with Crippen LogP contribution in [0.3, 0.4) is 0 Å². The molecule has 0 amide bonds. The minimum Gasteiger partial charge on any atom is -0.376 e. The third-order valence-electron chi connectivity index (χ3n) is 1.79. The van der Waals surface area contributed by atoms with Crippen molar-refractivity contribution < 1.29 is 15.0 Å². The van der Waals surface area contributed by atoms with Crippen LogP contribution < -0.4 is 5.48 Å². The van der Waals surface area contributed by atoms with Gasteiger partial charge in [0.1, 0.15) is 6.23 Å². The van der Waals surface area contributed by atoms with E-state index in [0.717, 1.165) is 5.56 Å². The van der Waals surface area contributed by atoms with E-state index >= 15 is 0 Å². The van der Waals surface area contributed by atoms with E-state index in [1.54, 1.807) is 0 Å². The molecule has 1 rings (SSSR count). The van der Waals surface area contributed by atoms with Gasteiger partial charge in [-0.15, -0.1) is 10.5 Å². The molecular formula is C10H14N2O3. The molecule has 3 N–H and O–H groups in total. The van der Waals surface area contributed by atoms with E-state index in [-0.39, 0.29) is 6.42 Å². The van der Waals surface area contributed by atoms with Gasteiger partial charge < -0.3 is 10.5 Å². The second-order valence-electron chi connectivity index (χ2n) is 2.93. The fraction of sp³-hybridized carbons (Fsp3) is 0.300. The Labute approximate surface area is 88.0 Å². The lowest BCUT2D eigenvalue weighted by Crippen LogP contribution is -2.30. The van der Waals surface area contributed by atoms with Gasteiger partial charge in [-0.3, -0.25) is 0 Å². The molecule has 0 aliphatic carbocycles. The number of aliphatic hydroxyl groups excluding tert-OH is 1. The Bertz CT molecular complexity index is 303. The van der Waals surface area contributed by atoms with E-state index in [2.05, 4.69) is 15.4 Å². The Balaban J connectivity index is 2.42. The van der Waals surface area contributed by atoms with Gasteiger partial charge in [0.05, 0.1) is 7.11 Å². The average Bonchev–Trinajstić information content (AvgIpc) is 2.27. The zero-order valence-corrected chi connectivity index (χ0v) is 8.43. The van der Waals surface area contributed by atoms with Crippen LogP contribution in [0.25, 0.3) is 0 Å². The summed E-state index contributed by atoms with van der Waals surface area (Å²) in [4.78, 5) is 8.59. The molecule has 0 aliphatic heterocycles. The summed E-state index contributed by atoms with van der Waals surface area (Å²) < 4.78 is 0. The van der Waals surface area contributed by atoms with Gasteiger partial charge in [-0.25, -0.2) is 4.89 Å². The molecule has 0 bridgehead atoms. The van der Waals surface area contributed by atoms with E-state index in [0.29, 0.717) is 5.71 Å². The van der Waals surface area contributed by atoms with Crippen molar-refractivity contribution in [3.05, 3.63) is 35.9 Å². The van der Waals surface area contributed by atoms with Gasteiger partial charge in [0.2, 0.25) is 0 Å². The average molecular weight is 210 g/mol. The summed E-state index contributed by atoms with van der Waals surface area (Å²) in [6.45, 7) is 0. The Morgan fingerprint density at radius 1 is 1.47 bits per heavy atom. The first kappa shape index (κ1) is 11.8. The van der Waals surface area contributed by atoms with Crippen LogP contribution in [0.15, 0.2) is 30.3 Å². The largest absolute Gasteiger partial charge is 0.376 e. The van der Waals surface area contributed by atoms with Gasteiger partial charge in [-0.05, 0) is 5.56 Å². The predicted molar refractivity (Wildman–Crippen MR) is 55.1 cm³/mol. The summed E-state index contributed by atoms with van der Waals surface area (Å²) in [5.41, 5.74) is 3.33. The lowest BCUT2D eigenvalue weighted by molar-refractivity contribution is -0.335. The fourth-order valence-corrected chi connectivity index (χ4v) is 1.10. The van der Waals surface area contributed by atoms with Gasteiger partial charge in [0, 0.05) is 12.1 Å². The Kier molecular flexibility index (Phi) is 4.92. The molecule has 0 aromatic heterocycles. The number of hydroxylamine groups is 1. The number of hydrogen-bond acceptors (Lipinski definition) is 5. The highest BCUT2D eigenvalue weighted by Gasteiger charge is 2.08. The fourth-order valence-electron chi connectivity index (χ4n) is 1.10.